The first kappa shape index (κ1) is 18.0. The SMILES string of the molecule is CC(C)(N)CNc1ccnc2c(-c3ccccc3Oc3ccccc3)cnn12. The highest BCUT2D eigenvalue weighted by Gasteiger charge is 2.16. The third-order valence-corrected chi connectivity index (χ3v) is 4.27. The predicted molar refractivity (Wildman–Crippen MR) is 112 cm³/mol. The summed E-state index contributed by atoms with van der Waals surface area (Å²) in [4.78, 5) is 4.54. The number of anilines is 1. The van der Waals surface area contributed by atoms with Crippen LogP contribution in [0.1, 0.15) is 13.8 Å². The smallest absolute Gasteiger partial charge is 0.165 e. The van der Waals surface area contributed by atoms with Crippen LogP contribution in [0, 0.1) is 0 Å². The number of aromatic nitrogens is 3. The molecule has 6 heteroatoms. The van der Waals surface area contributed by atoms with Crippen molar-refractivity contribution in [2.75, 3.05) is 11.9 Å². The highest BCUT2D eigenvalue weighted by atomic mass is 16.5. The Morgan fingerprint density at radius 2 is 1.75 bits per heavy atom. The van der Waals surface area contributed by atoms with Crippen LogP contribution in [0.4, 0.5) is 5.82 Å². The van der Waals surface area contributed by atoms with Crippen molar-refractivity contribution in [3.05, 3.63) is 73.1 Å². The molecule has 4 rings (SSSR count). The monoisotopic (exact) mass is 373 g/mol. The largest absolute Gasteiger partial charge is 0.457 e. The summed E-state index contributed by atoms with van der Waals surface area (Å²) in [5.41, 5.74) is 8.35. The fraction of sp³-hybridized carbons (Fsp3) is 0.182. The van der Waals surface area contributed by atoms with Crippen molar-refractivity contribution in [1.82, 2.24) is 14.6 Å². The van der Waals surface area contributed by atoms with Crippen LogP contribution in [0.5, 0.6) is 11.5 Å². The van der Waals surface area contributed by atoms with Gasteiger partial charge in [-0.3, -0.25) is 0 Å². The molecule has 0 bridgehead atoms. The third kappa shape index (κ3) is 3.82. The predicted octanol–water partition coefficient (Wildman–Crippen LogP) is 4.34. The van der Waals surface area contributed by atoms with Gasteiger partial charge in [0.1, 0.15) is 17.3 Å². The average molecular weight is 373 g/mol. The molecule has 4 aromatic rings. The first-order valence-electron chi connectivity index (χ1n) is 9.19. The van der Waals surface area contributed by atoms with Crippen molar-refractivity contribution in [2.45, 2.75) is 19.4 Å². The van der Waals surface area contributed by atoms with Crippen molar-refractivity contribution >= 4 is 11.5 Å². The minimum absolute atomic E-state index is 0.332. The molecule has 2 aromatic carbocycles. The Bertz CT molecular complexity index is 1080. The van der Waals surface area contributed by atoms with Gasteiger partial charge in [-0.25, -0.2) is 4.98 Å². The van der Waals surface area contributed by atoms with E-state index in [4.69, 9.17) is 10.5 Å². The maximum Gasteiger partial charge on any atom is 0.165 e. The van der Waals surface area contributed by atoms with Crippen molar-refractivity contribution in [2.24, 2.45) is 5.73 Å². The van der Waals surface area contributed by atoms with Gasteiger partial charge < -0.3 is 15.8 Å². The minimum Gasteiger partial charge on any atom is -0.457 e. The summed E-state index contributed by atoms with van der Waals surface area (Å²) in [5, 5.41) is 7.89. The summed E-state index contributed by atoms with van der Waals surface area (Å²) in [7, 11) is 0. The summed E-state index contributed by atoms with van der Waals surface area (Å²) >= 11 is 0. The van der Waals surface area contributed by atoms with Crippen LogP contribution in [0.2, 0.25) is 0 Å². The zero-order valence-corrected chi connectivity index (χ0v) is 16.0. The lowest BCUT2D eigenvalue weighted by Crippen LogP contribution is -2.40. The number of para-hydroxylation sites is 2. The number of hydrogen-bond acceptors (Lipinski definition) is 5. The van der Waals surface area contributed by atoms with Gasteiger partial charge in [-0.15, -0.1) is 0 Å². The molecule has 0 aliphatic carbocycles. The fourth-order valence-electron chi connectivity index (χ4n) is 2.93. The molecule has 0 aliphatic heterocycles. The molecule has 0 saturated carbocycles. The molecule has 0 atom stereocenters. The standard InChI is InChI=1S/C22H23N5O/c1-22(2,23)15-25-20-12-13-24-21-18(14-26-27(20)21)17-10-6-7-11-19(17)28-16-8-4-3-5-9-16/h3-14,25H,15,23H2,1-2H3. The van der Waals surface area contributed by atoms with Crippen LogP contribution in [0.25, 0.3) is 16.8 Å². The van der Waals surface area contributed by atoms with E-state index in [1.54, 1.807) is 10.7 Å². The maximum atomic E-state index is 6.11. The first-order valence-corrected chi connectivity index (χ1v) is 9.19. The molecule has 0 fully saturated rings. The Labute approximate surface area is 164 Å². The molecule has 0 radical (unpaired) electrons. The second-order valence-electron chi connectivity index (χ2n) is 7.38. The molecular weight excluding hydrogens is 350 g/mol. The van der Waals surface area contributed by atoms with Gasteiger partial charge in [-0.05, 0) is 38.1 Å². The molecule has 0 spiro atoms. The lowest BCUT2D eigenvalue weighted by molar-refractivity contribution is 0.484. The van der Waals surface area contributed by atoms with E-state index >= 15 is 0 Å². The van der Waals surface area contributed by atoms with Gasteiger partial charge in [0.2, 0.25) is 0 Å². The van der Waals surface area contributed by atoms with E-state index in [0.717, 1.165) is 34.1 Å². The van der Waals surface area contributed by atoms with Gasteiger partial charge in [0.05, 0.1) is 11.8 Å². The van der Waals surface area contributed by atoms with Gasteiger partial charge in [-0.1, -0.05) is 36.4 Å². The number of ether oxygens (including phenoxy) is 1. The number of fused-ring (bicyclic) bond motifs is 1. The van der Waals surface area contributed by atoms with E-state index in [9.17, 15) is 0 Å². The molecule has 28 heavy (non-hydrogen) atoms. The van der Waals surface area contributed by atoms with Crippen molar-refractivity contribution in [1.29, 1.82) is 0 Å². The molecule has 142 valence electrons. The topological polar surface area (TPSA) is 77.5 Å². The second-order valence-corrected chi connectivity index (χ2v) is 7.38. The highest BCUT2D eigenvalue weighted by molar-refractivity contribution is 5.82. The maximum absolute atomic E-state index is 6.11. The van der Waals surface area contributed by atoms with Gasteiger partial charge >= 0.3 is 0 Å². The highest BCUT2D eigenvalue weighted by Crippen LogP contribution is 2.35. The average Bonchev–Trinajstić information content (AvgIpc) is 3.11. The van der Waals surface area contributed by atoms with E-state index in [0.29, 0.717) is 6.54 Å². The molecule has 2 heterocycles. The molecule has 0 unspecified atom stereocenters. The summed E-state index contributed by atoms with van der Waals surface area (Å²) in [6.07, 6.45) is 3.58. The summed E-state index contributed by atoms with van der Waals surface area (Å²) in [5.74, 6) is 2.38. The van der Waals surface area contributed by atoms with E-state index in [2.05, 4.69) is 15.4 Å². The summed E-state index contributed by atoms with van der Waals surface area (Å²) in [6, 6.07) is 19.5. The van der Waals surface area contributed by atoms with Gasteiger partial charge in [0.25, 0.3) is 0 Å². The zero-order valence-electron chi connectivity index (χ0n) is 16.0. The Morgan fingerprint density at radius 3 is 2.54 bits per heavy atom. The molecular formula is C22H23N5O. The van der Waals surface area contributed by atoms with Crippen LogP contribution in [-0.2, 0) is 0 Å². The first-order chi connectivity index (χ1) is 13.5. The lowest BCUT2D eigenvalue weighted by atomic mass is 10.1. The minimum atomic E-state index is -0.332. The normalized spacial score (nSPS) is 11.5. The molecule has 6 nitrogen and oxygen atoms in total. The van der Waals surface area contributed by atoms with Crippen LogP contribution in [0.3, 0.4) is 0 Å². The lowest BCUT2D eigenvalue weighted by Gasteiger charge is -2.19. The number of rotatable bonds is 6. The van der Waals surface area contributed by atoms with Crippen molar-refractivity contribution in [3.63, 3.8) is 0 Å². The molecule has 0 saturated heterocycles. The van der Waals surface area contributed by atoms with E-state index in [-0.39, 0.29) is 5.54 Å². The summed E-state index contributed by atoms with van der Waals surface area (Å²) in [6.45, 7) is 4.57. The number of nitrogens with zero attached hydrogens (tertiary/aromatic N) is 3. The van der Waals surface area contributed by atoms with Gasteiger partial charge in [-0.2, -0.15) is 9.61 Å². The summed E-state index contributed by atoms with van der Waals surface area (Å²) < 4.78 is 7.90. The zero-order chi connectivity index (χ0) is 19.6. The Balaban J connectivity index is 1.73. The van der Waals surface area contributed by atoms with Crippen LogP contribution in [0.15, 0.2) is 73.1 Å². The Morgan fingerprint density at radius 1 is 1.00 bits per heavy atom. The number of nitrogens with two attached hydrogens (primary N) is 1. The van der Waals surface area contributed by atoms with E-state index < -0.39 is 0 Å². The van der Waals surface area contributed by atoms with Crippen molar-refractivity contribution in [3.8, 4) is 22.6 Å². The second kappa shape index (κ2) is 7.32. The number of nitrogens with one attached hydrogen (secondary N) is 1. The van der Waals surface area contributed by atoms with Crippen LogP contribution in [-0.4, -0.2) is 26.7 Å². The third-order valence-electron chi connectivity index (χ3n) is 4.27. The number of benzene rings is 2. The Kier molecular flexibility index (Phi) is 4.71. The van der Waals surface area contributed by atoms with Crippen LogP contribution >= 0.6 is 0 Å². The van der Waals surface area contributed by atoms with E-state index in [1.807, 2.05) is 80.7 Å². The van der Waals surface area contributed by atoms with E-state index in [1.165, 1.54) is 0 Å². The molecule has 0 aliphatic rings. The molecule has 0 amide bonds. The van der Waals surface area contributed by atoms with Gasteiger partial charge in [0, 0.05) is 23.8 Å². The quantitative estimate of drug-likeness (QED) is 0.526. The fourth-order valence-corrected chi connectivity index (χ4v) is 2.93. The molecule has 2 aromatic heterocycles. The van der Waals surface area contributed by atoms with Gasteiger partial charge in [0.15, 0.2) is 5.65 Å². The number of hydrogen-bond donors (Lipinski definition) is 2. The Hall–Kier alpha value is -3.38. The van der Waals surface area contributed by atoms with Crippen molar-refractivity contribution < 1.29 is 4.74 Å². The van der Waals surface area contributed by atoms with Crippen LogP contribution < -0.4 is 15.8 Å². The molecule has 3 N–H and O–H groups in total.